The quantitative estimate of drug-likeness (QED) is 0.900. The van der Waals surface area contributed by atoms with Crippen molar-refractivity contribution < 1.29 is 13.9 Å². The summed E-state index contributed by atoms with van der Waals surface area (Å²) in [5, 5.41) is 2.78. The number of ether oxygens (including phenoxy) is 1. The van der Waals surface area contributed by atoms with Crippen LogP contribution in [0.4, 0.5) is 4.39 Å². The van der Waals surface area contributed by atoms with Crippen LogP contribution in [0.15, 0.2) is 46.9 Å². The minimum absolute atomic E-state index is 0.00567. The average Bonchev–Trinajstić information content (AvgIpc) is 2.49. The zero-order valence-electron chi connectivity index (χ0n) is 11.7. The molecular weight excluding hydrogens is 337 g/mol. The van der Waals surface area contributed by atoms with E-state index in [1.54, 1.807) is 13.2 Å². The minimum atomic E-state index is -0.553. The molecule has 1 N–H and O–H groups in total. The molecular formula is C16H15BrFNO2. The van der Waals surface area contributed by atoms with Crippen LogP contribution in [0.25, 0.3) is 0 Å². The lowest BCUT2D eigenvalue weighted by Crippen LogP contribution is -2.27. The molecule has 1 unspecified atom stereocenters. The summed E-state index contributed by atoms with van der Waals surface area (Å²) in [5.74, 6) is -0.338. The van der Waals surface area contributed by atoms with E-state index in [-0.39, 0.29) is 11.6 Å². The van der Waals surface area contributed by atoms with Gasteiger partial charge in [0.1, 0.15) is 11.6 Å². The summed E-state index contributed by atoms with van der Waals surface area (Å²) in [4.78, 5) is 12.2. The predicted molar refractivity (Wildman–Crippen MR) is 83.0 cm³/mol. The van der Waals surface area contributed by atoms with Crippen LogP contribution in [0.2, 0.25) is 0 Å². The first-order valence-corrected chi connectivity index (χ1v) is 7.21. The molecule has 5 heteroatoms. The van der Waals surface area contributed by atoms with E-state index < -0.39 is 11.7 Å². The molecule has 2 aromatic rings. The molecule has 2 aromatic carbocycles. The number of carbonyl (C=O) groups excluding carboxylic acids is 1. The zero-order chi connectivity index (χ0) is 15.4. The Kier molecular flexibility index (Phi) is 4.96. The summed E-state index contributed by atoms with van der Waals surface area (Å²) in [6.07, 6.45) is 0. The van der Waals surface area contributed by atoms with Gasteiger partial charge in [0.2, 0.25) is 0 Å². The van der Waals surface area contributed by atoms with Crippen molar-refractivity contribution in [3.05, 3.63) is 63.9 Å². The van der Waals surface area contributed by atoms with Gasteiger partial charge in [-0.1, -0.05) is 34.1 Å². The molecule has 0 fully saturated rings. The van der Waals surface area contributed by atoms with Crippen molar-refractivity contribution in [2.75, 3.05) is 7.11 Å². The number of hydrogen-bond donors (Lipinski definition) is 1. The fraction of sp³-hybridized carbons (Fsp3) is 0.188. The first-order chi connectivity index (χ1) is 10.0. The van der Waals surface area contributed by atoms with E-state index in [2.05, 4.69) is 21.2 Å². The van der Waals surface area contributed by atoms with Crippen molar-refractivity contribution in [3.63, 3.8) is 0 Å². The summed E-state index contributed by atoms with van der Waals surface area (Å²) in [6.45, 7) is 1.83. The van der Waals surface area contributed by atoms with Crippen LogP contribution in [0.3, 0.4) is 0 Å². The Labute approximate surface area is 131 Å². The first-order valence-electron chi connectivity index (χ1n) is 6.41. The van der Waals surface area contributed by atoms with Crippen LogP contribution >= 0.6 is 15.9 Å². The molecule has 0 aromatic heterocycles. The Morgan fingerprint density at radius 3 is 2.71 bits per heavy atom. The predicted octanol–water partition coefficient (Wildman–Crippen LogP) is 4.09. The normalized spacial score (nSPS) is 11.8. The monoisotopic (exact) mass is 351 g/mol. The number of nitrogens with one attached hydrogen (secondary N) is 1. The van der Waals surface area contributed by atoms with Crippen molar-refractivity contribution >= 4 is 21.8 Å². The molecule has 0 spiro atoms. The van der Waals surface area contributed by atoms with Gasteiger partial charge in [-0.3, -0.25) is 4.79 Å². The van der Waals surface area contributed by atoms with E-state index in [0.29, 0.717) is 10.2 Å². The number of para-hydroxylation sites is 1. The highest BCUT2D eigenvalue weighted by atomic mass is 79.9. The molecule has 3 nitrogen and oxygen atoms in total. The molecule has 1 atom stereocenters. The lowest BCUT2D eigenvalue weighted by molar-refractivity contribution is 0.0935. The smallest absolute Gasteiger partial charge is 0.254 e. The number of hydrogen-bond acceptors (Lipinski definition) is 2. The van der Waals surface area contributed by atoms with Crippen LogP contribution in [0, 0.1) is 5.82 Å². The molecule has 21 heavy (non-hydrogen) atoms. The largest absolute Gasteiger partial charge is 0.496 e. The first kappa shape index (κ1) is 15.5. The average molecular weight is 352 g/mol. The lowest BCUT2D eigenvalue weighted by atomic mass is 10.1. The molecule has 1 amide bonds. The molecule has 0 aliphatic heterocycles. The van der Waals surface area contributed by atoms with Gasteiger partial charge in [-0.25, -0.2) is 4.39 Å². The summed E-state index contributed by atoms with van der Waals surface area (Å²) in [5.41, 5.74) is 0.842. The highest BCUT2D eigenvalue weighted by molar-refractivity contribution is 9.10. The van der Waals surface area contributed by atoms with Crippen molar-refractivity contribution in [2.45, 2.75) is 13.0 Å². The lowest BCUT2D eigenvalue weighted by Gasteiger charge is -2.17. The van der Waals surface area contributed by atoms with Crippen molar-refractivity contribution in [1.29, 1.82) is 0 Å². The second-order valence-electron chi connectivity index (χ2n) is 4.56. The summed E-state index contributed by atoms with van der Waals surface area (Å²) in [6, 6.07) is 11.4. The highest BCUT2D eigenvalue weighted by Crippen LogP contribution is 2.25. The Morgan fingerprint density at radius 1 is 1.29 bits per heavy atom. The Balaban J connectivity index is 2.21. The number of halogens is 2. The summed E-state index contributed by atoms with van der Waals surface area (Å²) in [7, 11) is 1.57. The van der Waals surface area contributed by atoms with Gasteiger partial charge in [0.25, 0.3) is 5.91 Å². The maximum absolute atomic E-state index is 13.7. The van der Waals surface area contributed by atoms with E-state index in [1.165, 1.54) is 12.1 Å². The number of rotatable bonds is 4. The third kappa shape index (κ3) is 3.61. The molecule has 0 saturated carbocycles. The number of benzene rings is 2. The van der Waals surface area contributed by atoms with Gasteiger partial charge in [-0.05, 0) is 31.2 Å². The summed E-state index contributed by atoms with van der Waals surface area (Å²) < 4.78 is 19.6. The number of carbonyl (C=O) groups is 1. The van der Waals surface area contributed by atoms with Gasteiger partial charge in [-0.15, -0.1) is 0 Å². The van der Waals surface area contributed by atoms with Crippen LogP contribution in [-0.4, -0.2) is 13.0 Å². The van der Waals surface area contributed by atoms with Crippen molar-refractivity contribution in [2.24, 2.45) is 0 Å². The van der Waals surface area contributed by atoms with E-state index >= 15 is 0 Å². The third-order valence-corrected chi connectivity index (χ3v) is 3.62. The number of methoxy groups -OCH3 is 1. The Hall–Kier alpha value is -1.88. The van der Waals surface area contributed by atoms with Crippen LogP contribution < -0.4 is 10.1 Å². The van der Waals surface area contributed by atoms with E-state index in [9.17, 15) is 9.18 Å². The fourth-order valence-electron chi connectivity index (χ4n) is 2.05. The molecule has 0 bridgehead atoms. The van der Waals surface area contributed by atoms with Gasteiger partial charge < -0.3 is 10.1 Å². The Morgan fingerprint density at radius 2 is 2.00 bits per heavy atom. The molecule has 0 aliphatic carbocycles. The maximum Gasteiger partial charge on any atom is 0.254 e. The van der Waals surface area contributed by atoms with Crippen molar-refractivity contribution in [3.8, 4) is 5.75 Å². The van der Waals surface area contributed by atoms with Gasteiger partial charge in [0.15, 0.2) is 0 Å². The van der Waals surface area contributed by atoms with Crippen LogP contribution in [-0.2, 0) is 0 Å². The number of amides is 1. The summed E-state index contributed by atoms with van der Waals surface area (Å²) >= 11 is 3.23. The molecule has 0 saturated heterocycles. The van der Waals surface area contributed by atoms with Gasteiger partial charge in [-0.2, -0.15) is 0 Å². The van der Waals surface area contributed by atoms with Gasteiger partial charge in [0.05, 0.1) is 18.7 Å². The van der Waals surface area contributed by atoms with Gasteiger partial charge >= 0.3 is 0 Å². The third-order valence-electron chi connectivity index (χ3n) is 3.13. The molecule has 110 valence electrons. The van der Waals surface area contributed by atoms with Gasteiger partial charge in [0, 0.05) is 10.0 Å². The molecule has 0 aliphatic rings. The standard InChI is InChI=1S/C16H15BrFNO2/c1-10(12-5-3-4-6-15(12)21-2)19-16(20)13-9-11(17)7-8-14(13)18/h3-10H,1-2H3,(H,19,20). The second kappa shape index (κ2) is 6.72. The van der Waals surface area contributed by atoms with Crippen molar-refractivity contribution in [1.82, 2.24) is 5.32 Å². The molecule has 0 radical (unpaired) electrons. The second-order valence-corrected chi connectivity index (χ2v) is 5.48. The molecule has 2 rings (SSSR count). The highest BCUT2D eigenvalue weighted by Gasteiger charge is 2.17. The maximum atomic E-state index is 13.7. The Bertz CT molecular complexity index is 660. The fourth-order valence-corrected chi connectivity index (χ4v) is 2.41. The SMILES string of the molecule is COc1ccccc1C(C)NC(=O)c1cc(Br)ccc1F. The topological polar surface area (TPSA) is 38.3 Å². The van der Waals surface area contributed by atoms with Crippen LogP contribution in [0.5, 0.6) is 5.75 Å². The van der Waals surface area contributed by atoms with E-state index in [0.717, 1.165) is 5.56 Å². The van der Waals surface area contributed by atoms with Crippen LogP contribution in [0.1, 0.15) is 28.9 Å². The zero-order valence-corrected chi connectivity index (χ0v) is 13.3. The molecule has 0 heterocycles. The van der Waals surface area contributed by atoms with E-state index in [4.69, 9.17) is 4.74 Å². The van der Waals surface area contributed by atoms with E-state index in [1.807, 2.05) is 31.2 Å². The minimum Gasteiger partial charge on any atom is -0.496 e.